The Morgan fingerprint density at radius 3 is 2.50 bits per heavy atom. The van der Waals surface area contributed by atoms with E-state index in [9.17, 15) is 9.59 Å². The van der Waals surface area contributed by atoms with Crippen LogP contribution in [0.3, 0.4) is 0 Å². The molecule has 4 rings (SSSR count). The Bertz CT molecular complexity index is 1400. The summed E-state index contributed by atoms with van der Waals surface area (Å²) in [5, 5.41) is 11.4. The zero-order chi connectivity index (χ0) is 27.1. The minimum atomic E-state index is -0.990. The van der Waals surface area contributed by atoms with E-state index in [1.807, 2.05) is 42.5 Å². The standard InChI is InChI=1S/C29H33N5O4/c1-20(2)16-17-30-29(36)28(21-10-9-11-22(18-21)37-3)34(25-14-7-8-15-26(25)38-4)27(35)19-33-24-13-6-5-12-23(24)31-32-33/h5-15,18,20,28H,16-17,19H2,1-4H3,(H,30,36). The average molecular weight is 516 g/mol. The molecule has 0 aliphatic heterocycles. The molecule has 9 heteroatoms. The zero-order valence-corrected chi connectivity index (χ0v) is 22.1. The lowest BCUT2D eigenvalue weighted by Crippen LogP contribution is -2.45. The van der Waals surface area contributed by atoms with Crippen LogP contribution in [0.25, 0.3) is 11.0 Å². The molecule has 0 saturated heterocycles. The summed E-state index contributed by atoms with van der Waals surface area (Å²) >= 11 is 0. The van der Waals surface area contributed by atoms with Crippen molar-refractivity contribution in [1.29, 1.82) is 0 Å². The van der Waals surface area contributed by atoms with Crippen molar-refractivity contribution in [2.24, 2.45) is 5.92 Å². The topological polar surface area (TPSA) is 98.6 Å². The molecule has 0 aliphatic rings. The lowest BCUT2D eigenvalue weighted by molar-refractivity contribution is -0.127. The second kappa shape index (κ2) is 12.2. The average Bonchev–Trinajstić information content (AvgIpc) is 3.33. The molecule has 0 spiro atoms. The van der Waals surface area contributed by atoms with Crippen LogP contribution in [0.1, 0.15) is 31.9 Å². The number of carbonyl (C=O) groups excluding carboxylic acids is 2. The number of nitrogens with zero attached hydrogens (tertiary/aromatic N) is 4. The number of hydrogen-bond acceptors (Lipinski definition) is 6. The van der Waals surface area contributed by atoms with Crippen LogP contribution in [-0.2, 0) is 16.1 Å². The molecule has 0 bridgehead atoms. The van der Waals surface area contributed by atoms with Gasteiger partial charge in [-0.3, -0.25) is 14.5 Å². The van der Waals surface area contributed by atoms with E-state index in [0.717, 1.165) is 11.9 Å². The number of carbonyl (C=O) groups is 2. The summed E-state index contributed by atoms with van der Waals surface area (Å²) in [7, 11) is 3.10. The van der Waals surface area contributed by atoms with Gasteiger partial charge in [-0.05, 0) is 54.3 Å². The van der Waals surface area contributed by atoms with E-state index in [1.54, 1.807) is 42.1 Å². The Labute approximate surface area is 222 Å². The maximum absolute atomic E-state index is 14.1. The number of rotatable bonds is 11. The quantitative estimate of drug-likeness (QED) is 0.318. The minimum Gasteiger partial charge on any atom is -0.497 e. The summed E-state index contributed by atoms with van der Waals surface area (Å²) in [6.07, 6.45) is 0.810. The van der Waals surface area contributed by atoms with Crippen LogP contribution in [0.5, 0.6) is 11.5 Å². The van der Waals surface area contributed by atoms with Gasteiger partial charge in [0.25, 0.3) is 0 Å². The fraction of sp³-hybridized carbons (Fsp3) is 0.310. The summed E-state index contributed by atoms with van der Waals surface area (Å²) in [5.41, 5.74) is 2.48. The van der Waals surface area contributed by atoms with E-state index in [0.29, 0.717) is 40.7 Å². The molecule has 198 valence electrons. The lowest BCUT2D eigenvalue weighted by Gasteiger charge is -2.32. The number of ether oxygens (including phenoxy) is 2. The first-order valence-electron chi connectivity index (χ1n) is 12.6. The van der Waals surface area contributed by atoms with E-state index in [2.05, 4.69) is 29.5 Å². The highest BCUT2D eigenvalue weighted by Crippen LogP contribution is 2.36. The van der Waals surface area contributed by atoms with Crippen LogP contribution in [0.2, 0.25) is 0 Å². The number of anilines is 1. The molecule has 9 nitrogen and oxygen atoms in total. The van der Waals surface area contributed by atoms with Crippen molar-refractivity contribution in [3.05, 3.63) is 78.4 Å². The predicted octanol–water partition coefficient (Wildman–Crippen LogP) is 4.39. The Morgan fingerprint density at radius 1 is 0.974 bits per heavy atom. The lowest BCUT2D eigenvalue weighted by atomic mass is 10.0. The van der Waals surface area contributed by atoms with Crippen molar-refractivity contribution in [3.8, 4) is 11.5 Å². The molecule has 0 saturated carbocycles. The van der Waals surface area contributed by atoms with E-state index < -0.39 is 6.04 Å². The molecule has 3 aromatic carbocycles. The Morgan fingerprint density at radius 2 is 1.74 bits per heavy atom. The highest BCUT2D eigenvalue weighted by molar-refractivity contribution is 6.02. The Hall–Kier alpha value is -4.40. The highest BCUT2D eigenvalue weighted by Gasteiger charge is 2.35. The van der Waals surface area contributed by atoms with Crippen LogP contribution in [-0.4, -0.2) is 47.6 Å². The summed E-state index contributed by atoms with van der Waals surface area (Å²) in [4.78, 5) is 29.5. The number of amides is 2. The van der Waals surface area contributed by atoms with Gasteiger partial charge in [0.05, 0.1) is 25.4 Å². The van der Waals surface area contributed by atoms with E-state index in [1.165, 1.54) is 12.0 Å². The number of nitrogens with one attached hydrogen (secondary N) is 1. The number of aromatic nitrogens is 3. The molecule has 1 unspecified atom stereocenters. The first-order chi connectivity index (χ1) is 18.4. The number of hydrogen-bond donors (Lipinski definition) is 1. The van der Waals surface area contributed by atoms with Crippen molar-refractivity contribution in [2.75, 3.05) is 25.7 Å². The van der Waals surface area contributed by atoms with Crippen LogP contribution in [0.4, 0.5) is 5.69 Å². The SMILES string of the molecule is COc1cccc(C(C(=O)NCCC(C)C)N(C(=O)Cn2nnc3ccccc32)c2ccccc2OC)c1. The molecule has 0 fully saturated rings. The summed E-state index contributed by atoms with van der Waals surface area (Å²) in [5.74, 6) is 0.807. The van der Waals surface area contributed by atoms with Crippen molar-refractivity contribution < 1.29 is 19.1 Å². The monoisotopic (exact) mass is 515 g/mol. The second-order valence-electron chi connectivity index (χ2n) is 9.32. The zero-order valence-electron chi connectivity index (χ0n) is 22.1. The van der Waals surface area contributed by atoms with Crippen molar-refractivity contribution in [2.45, 2.75) is 32.9 Å². The molecule has 2 amide bonds. The molecule has 1 aromatic heterocycles. The van der Waals surface area contributed by atoms with Gasteiger partial charge in [0.2, 0.25) is 11.8 Å². The highest BCUT2D eigenvalue weighted by atomic mass is 16.5. The molecule has 1 atom stereocenters. The predicted molar refractivity (Wildman–Crippen MR) is 146 cm³/mol. The molecule has 4 aromatic rings. The summed E-state index contributed by atoms with van der Waals surface area (Å²) in [6, 6.07) is 20.8. The number of methoxy groups -OCH3 is 2. The minimum absolute atomic E-state index is 0.127. The molecule has 0 radical (unpaired) electrons. The largest absolute Gasteiger partial charge is 0.497 e. The van der Waals surface area contributed by atoms with Crippen LogP contribution >= 0.6 is 0 Å². The maximum atomic E-state index is 14.1. The molecule has 1 N–H and O–H groups in total. The summed E-state index contributed by atoms with van der Waals surface area (Å²) < 4.78 is 12.6. The molecular formula is C29H33N5O4. The maximum Gasteiger partial charge on any atom is 0.249 e. The first kappa shape index (κ1) is 26.7. The smallest absolute Gasteiger partial charge is 0.249 e. The van der Waals surface area contributed by atoms with Gasteiger partial charge in [-0.2, -0.15) is 0 Å². The van der Waals surface area contributed by atoms with Crippen LogP contribution < -0.4 is 19.7 Å². The van der Waals surface area contributed by atoms with Gasteiger partial charge >= 0.3 is 0 Å². The molecule has 38 heavy (non-hydrogen) atoms. The van der Waals surface area contributed by atoms with E-state index >= 15 is 0 Å². The first-order valence-corrected chi connectivity index (χ1v) is 12.6. The number of fused-ring (bicyclic) bond motifs is 1. The van der Waals surface area contributed by atoms with Gasteiger partial charge in [-0.25, -0.2) is 4.68 Å². The third kappa shape index (κ3) is 5.94. The van der Waals surface area contributed by atoms with Gasteiger partial charge in [0, 0.05) is 6.54 Å². The van der Waals surface area contributed by atoms with Crippen molar-refractivity contribution in [1.82, 2.24) is 20.3 Å². The van der Waals surface area contributed by atoms with Crippen molar-refractivity contribution >= 4 is 28.5 Å². The number of para-hydroxylation sites is 3. The molecular weight excluding hydrogens is 482 g/mol. The van der Waals surface area contributed by atoms with E-state index in [4.69, 9.17) is 9.47 Å². The van der Waals surface area contributed by atoms with Gasteiger partial charge in [0.15, 0.2) is 0 Å². The fourth-order valence-electron chi connectivity index (χ4n) is 4.29. The third-order valence-corrected chi connectivity index (χ3v) is 6.26. The molecule has 0 aliphatic carbocycles. The van der Waals surface area contributed by atoms with Gasteiger partial charge in [0.1, 0.15) is 29.6 Å². The second-order valence-corrected chi connectivity index (χ2v) is 9.32. The van der Waals surface area contributed by atoms with Crippen molar-refractivity contribution in [3.63, 3.8) is 0 Å². The Kier molecular flexibility index (Phi) is 8.58. The third-order valence-electron chi connectivity index (χ3n) is 6.26. The van der Waals surface area contributed by atoms with Gasteiger partial charge in [-0.1, -0.05) is 55.5 Å². The summed E-state index contributed by atoms with van der Waals surface area (Å²) in [6.45, 7) is 4.55. The van der Waals surface area contributed by atoms with Crippen LogP contribution in [0.15, 0.2) is 72.8 Å². The van der Waals surface area contributed by atoms with Crippen LogP contribution in [0, 0.1) is 5.92 Å². The van der Waals surface area contributed by atoms with Gasteiger partial charge in [-0.15, -0.1) is 5.10 Å². The fourth-order valence-corrected chi connectivity index (χ4v) is 4.29. The number of benzene rings is 3. The van der Waals surface area contributed by atoms with Gasteiger partial charge < -0.3 is 14.8 Å². The normalized spacial score (nSPS) is 11.8. The molecule has 1 heterocycles. The Balaban J connectivity index is 1.82. The van der Waals surface area contributed by atoms with E-state index in [-0.39, 0.29) is 18.4 Å².